The molecule has 0 aliphatic rings. The number of aryl methyl sites for hydroxylation is 2. The summed E-state index contributed by atoms with van der Waals surface area (Å²) in [6.45, 7) is 9.70. The number of furan rings is 1. The number of hydrogen-bond acceptors (Lipinski definition) is 3. The summed E-state index contributed by atoms with van der Waals surface area (Å²) in [7, 11) is 0. The van der Waals surface area contributed by atoms with Crippen LogP contribution in [0.2, 0.25) is 0 Å². The molecule has 0 fully saturated rings. The Bertz CT molecular complexity index is 478. The summed E-state index contributed by atoms with van der Waals surface area (Å²) in [5, 5.41) is 0. The molecule has 0 saturated carbocycles. The molecular weight excluding hydrogens is 248 g/mol. The van der Waals surface area contributed by atoms with Crippen LogP contribution in [0.5, 0.6) is 0 Å². The van der Waals surface area contributed by atoms with Crippen LogP contribution in [0.15, 0.2) is 4.42 Å². The van der Waals surface area contributed by atoms with E-state index in [0.717, 1.165) is 11.3 Å². The van der Waals surface area contributed by atoms with Crippen molar-refractivity contribution in [2.75, 3.05) is 6.54 Å². The van der Waals surface area contributed by atoms with Crippen LogP contribution < -0.4 is 5.73 Å². The Morgan fingerprint density at radius 3 is 2.22 bits per heavy atom. The smallest absolute Gasteiger partial charge is 0.258 e. The van der Waals surface area contributed by atoms with Crippen LogP contribution in [0.3, 0.4) is 0 Å². The van der Waals surface area contributed by atoms with Crippen molar-refractivity contribution < 1.29 is 9.21 Å². The van der Waals surface area contributed by atoms with Gasteiger partial charge in [0.15, 0.2) is 0 Å². The van der Waals surface area contributed by atoms with Gasteiger partial charge < -0.3 is 15.1 Å². The van der Waals surface area contributed by atoms with Gasteiger partial charge in [-0.1, -0.05) is 12.2 Å². The third-order valence-corrected chi connectivity index (χ3v) is 3.11. The molecule has 0 atom stereocenters. The minimum Gasteiger partial charge on any atom is -0.466 e. The highest BCUT2D eigenvalue weighted by Crippen LogP contribution is 2.23. The maximum atomic E-state index is 12.5. The van der Waals surface area contributed by atoms with Gasteiger partial charge in [0, 0.05) is 11.6 Å². The molecule has 0 aliphatic heterocycles. The zero-order chi connectivity index (χ0) is 14.0. The van der Waals surface area contributed by atoms with Gasteiger partial charge in [0.05, 0.1) is 17.1 Å². The lowest BCUT2D eigenvalue weighted by atomic mass is 10.1. The quantitative estimate of drug-likeness (QED) is 0.852. The zero-order valence-electron chi connectivity index (χ0n) is 11.5. The van der Waals surface area contributed by atoms with Gasteiger partial charge in [0.25, 0.3) is 5.91 Å². The Morgan fingerprint density at radius 1 is 1.33 bits per heavy atom. The molecule has 0 aliphatic carbocycles. The van der Waals surface area contributed by atoms with Crippen LogP contribution in [0.1, 0.15) is 41.3 Å². The van der Waals surface area contributed by atoms with E-state index in [1.54, 1.807) is 11.8 Å². The van der Waals surface area contributed by atoms with E-state index in [4.69, 9.17) is 22.4 Å². The fourth-order valence-electron chi connectivity index (χ4n) is 1.91. The molecule has 0 aromatic carbocycles. The highest BCUT2D eigenvalue weighted by atomic mass is 32.1. The fraction of sp³-hybridized carbons (Fsp3) is 0.538. The molecule has 2 N–H and O–H groups in total. The molecule has 18 heavy (non-hydrogen) atoms. The van der Waals surface area contributed by atoms with Crippen molar-refractivity contribution in [1.29, 1.82) is 0 Å². The van der Waals surface area contributed by atoms with Gasteiger partial charge in [-0.05, 0) is 34.6 Å². The van der Waals surface area contributed by atoms with Crippen LogP contribution in [0, 0.1) is 20.8 Å². The van der Waals surface area contributed by atoms with Gasteiger partial charge in [-0.25, -0.2) is 0 Å². The van der Waals surface area contributed by atoms with Gasteiger partial charge in [-0.15, -0.1) is 0 Å². The summed E-state index contributed by atoms with van der Waals surface area (Å²) in [5.41, 5.74) is 7.05. The molecule has 1 aromatic rings. The summed E-state index contributed by atoms with van der Waals surface area (Å²) in [6, 6.07) is 0.0352. The molecule has 1 heterocycles. The van der Waals surface area contributed by atoms with Gasteiger partial charge in [0.2, 0.25) is 0 Å². The van der Waals surface area contributed by atoms with E-state index >= 15 is 0 Å². The molecule has 0 spiro atoms. The lowest BCUT2D eigenvalue weighted by Crippen LogP contribution is -2.42. The molecule has 1 aromatic heterocycles. The van der Waals surface area contributed by atoms with Gasteiger partial charge in [0.1, 0.15) is 11.5 Å². The van der Waals surface area contributed by atoms with Crippen molar-refractivity contribution in [3.63, 3.8) is 0 Å². The maximum absolute atomic E-state index is 12.5. The zero-order valence-corrected chi connectivity index (χ0v) is 12.4. The first kappa shape index (κ1) is 14.7. The van der Waals surface area contributed by atoms with E-state index in [0.29, 0.717) is 16.3 Å². The lowest BCUT2D eigenvalue weighted by Gasteiger charge is -2.26. The Morgan fingerprint density at radius 2 is 1.89 bits per heavy atom. The molecular formula is C13H20N2O2S. The maximum Gasteiger partial charge on any atom is 0.258 e. The van der Waals surface area contributed by atoms with Crippen LogP contribution >= 0.6 is 12.2 Å². The van der Waals surface area contributed by atoms with E-state index in [9.17, 15) is 4.79 Å². The number of thiocarbonyl (C=S) groups is 1. The SMILES string of the molecule is Cc1oc(C)c(C(=O)N(CC(N)=S)C(C)C)c1C. The summed E-state index contributed by atoms with van der Waals surface area (Å²) in [6.07, 6.45) is 0. The molecule has 4 nitrogen and oxygen atoms in total. The van der Waals surface area contributed by atoms with Crippen molar-refractivity contribution in [2.45, 2.75) is 40.7 Å². The van der Waals surface area contributed by atoms with Crippen LogP contribution in [-0.2, 0) is 0 Å². The van der Waals surface area contributed by atoms with E-state index < -0.39 is 0 Å². The number of nitrogens with two attached hydrogens (primary N) is 1. The Balaban J connectivity index is 3.13. The van der Waals surface area contributed by atoms with Gasteiger partial charge in [-0.3, -0.25) is 4.79 Å². The Hall–Kier alpha value is -1.36. The number of carbonyl (C=O) groups is 1. The molecule has 0 unspecified atom stereocenters. The van der Waals surface area contributed by atoms with Crippen molar-refractivity contribution in [3.05, 3.63) is 22.6 Å². The Labute approximate surface area is 113 Å². The predicted octanol–water partition coefficient (Wildman–Crippen LogP) is 2.34. The number of nitrogens with zero attached hydrogens (tertiary/aromatic N) is 1. The van der Waals surface area contributed by atoms with Crippen LogP contribution in [0.25, 0.3) is 0 Å². The second kappa shape index (κ2) is 5.52. The number of carbonyl (C=O) groups excluding carboxylic acids is 1. The average Bonchev–Trinajstić information content (AvgIpc) is 2.48. The van der Waals surface area contributed by atoms with E-state index in [2.05, 4.69) is 0 Å². The normalized spacial score (nSPS) is 10.8. The predicted molar refractivity (Wildman–Crippen MR) is 75.9 cm³/mol. The lowest BCUT2D eigenvalue weighted by molar-refractivity contribution is 0.0734. The van der Waals surface area contributed by atoms with Gasteiger partial charge >= 0.3 is 0 Å². The first-order valence-electron chi connectivity index (χ1n) is 5.91. The monoisotopic (exact) mass is 268 g/mol. The highest BCUT2D eigenvalue weighted by molar-refractivity contribution is 7.80. The third kappa shape index (κ3) is 2.90. The summed E-state index contributed by atoms with van der Waals surface area (Å²) < 4.78 is 5.49. The molecule has 0 radical (unpaired) electrons. The van der Waals surface area contributed by atoms with E-state index in [-0.39, 0.29) is 18.5 Å². The molecule has 1 amide bonds. The summed E-state index contributed by atoms with van der Waals surface area (Å²) in [4.78, 5) is 14.5. The highest BCUT2D eigenvalue weighted by Gasteiger charge is 2.25. The van der Waals surface area contributed by atoms with Crippen molar-refractivity contribution >= 4 is 23.1 Å². The standard InChI is InChI=1S/C13H20N2O2S/c1-7(2)15(6-11(14)18)13(16)12-8(3)9(4)17-10(12)5/h7H,6H2,1-5H3,(H2,14,18). The number of hydrogen-bond donors (Lipinski definition) is 1. The second-order valence-corrected chi connectivity index (χ2v) is 5.23. The van der Waals surface area contributed by atoms with Crippen LogP contribution in [-0.4, -0.2) is 28.4 Å². The average molecular weight is 268 g/mol. The summed E-state index contributed by atoms with van der Waals surface area (Å²) in [5.74, 6) is 1.34. The summed E-state index contributed by atoms with van der Waals surface area (Å²) >= 11 is 4.89. The Kier molecular flexibility index (Phi) is 4.51. The fourth-order valence-corrected chi connectivity index (χ4v) is 2.05. The third-order valence-electron chi connectivity index (χ3n) is 2.99. The van der Waals surface area contributed by atoms with Crippen molar-refractivity contribution in [3.8, 4) is 0 Å². The first-order chi connectivity index (χ1) is 8.25. The first-order valence-corrected chi connectivity index (χ1v) is 6.32. The van der Waals surface area contributed by atoms with Crippen molar-refractivity contribution in [1.82, 2.24) is 4.90 Å². The topological polar surface area (TPSA) is 59.5 Å². The number of rotatable bonds is 4. The molecule has 100 valence electrons. The molecule has 1 rings (SSSR count). The molecule has 5 heteroatoms. The second-order valence-electron chi connectivity index (χ2n) is 4.71. The van der Waals surface area contributed by atoms with E-state index in [1.165, 1.54) is 0 Å². The van der Waals surface area contributed by atoms with Gasteiger partial charge in [-0.2, -0.15) is 0 Å². The van der Waals surface area contributed by atoms with Crippen molar-refractivity contribution in [2.24, 2.45) is 5.73 Å². The van der Waals surface area contributed by atoms with E-state index in [1.807, 2.05) is 27.7 Å². The molecule has 0 saturated heterocycles. The number of amides is 1. The minimum atomic E-state index is -0.0790. The van der Waals surface area contributed by atoms with Crippen LogP contribution in [0.4, 0.5) is 0 Å². The molecule has 0 bridgehead atoms. The largest absolute Gasteiger partial charge is 0.466 e. The minimum absolute atomic E-state index is 0.0352.